The van der Waals surface area contributed by atoms with Crippen molar-refractivity contribution in [2.75, 3.05) is 19.7 Å². The van der Waals surface area contributed by atoms with Gasteiger partial charge in [-0.15, -0.1) is 11.3 Å². The van der Waals surface area contributed by atoms with Crippen LogP contribution in [-0.2, 0) is 24.4 Å². The molecule has 1 aromatic carbocycles. The van der Waals surface area contributed by atoms with Gasteiger partial charge < -0.3 is 14.0 Å². The number of hydrogen-bond acceptors (Lipinski definition) is 8. The van der Waals surface area contributed by atoms with Crippen LogP contribution in [0.2, 0.25) is 0 Å². The number of nitriles is 1. The molecule has 0 amide bonds. The maximum atomic E-state index is 11.3. The quantitative estimate of drug-likeness (QED) is 0.272. The minimum Gasteiger partial charge on any atom is -0.473 e. The van der Waals surface area contributed by atoms with Crippen LogP contribution < -0.4 is 4.74 Å². The minimum absolute atomic E-state index is 0.218. The number of fused-ring (bicyclic) bond motifs is 1. The van der Waals surface area contributed by atoms with Gasteiger partial charge in [-0.1, -0.05) is 18.2 Å². The maximum Gasteiger partial charge on any atom is 0.214 e. The first-order valence-electron chi connectivity index (χ1n) is 13.2. The molecule has 4 aromatic rings. The number of rotatable bonds is 9. The van der Waals surface area contributed by atoms with E-state index in [2.05, 4.69) is 21.6 Å². The number of aromatic nitrogens is 3. The highest BCUT2D eigenvalue weighted by molar-refractivity contribution is 7.20. The second-order valence-corrected chi connectivity index (χ2v) is 11.1. The number of benzene rings is 1. The molecule has 0 saturated carbocycles. The topological polar surface area (TPSA) is 93.3 Å². The zero-order valence-corrected chi connectivity index (χ0v) is 22.6. The lowest BCUT2D eigenvalue weighted by molar-refractivity contribution is -0.0591. The molecule has 0 N–H and O–H groups in total. The number of hydrogen-bond donors (Lipinski definition) is 0. The molecule has 9 heteroatoms. The van der Waals surface area contributed by atoms with E-state index >= 15 is 0 Å². The molecule has 0 bridgehead atoms. The summed E-state index contributed by atoms with van der Waals surface area (Å²) in [6.45, 7) is 6.45. The maximum absolute atomic E-state index is 11.3. The zero-order valence-electron chi connectivity index (χ0n) is 21.8. The molecule has 39 heavy (non-hydrogen) atoms. The van der Waals surface area contributed by atoms with Crippen molar-refractivity contribution in [2.45, 2.75) is 45.6 Å². The Morgan fingerprint density at radius 1 is 1.26 bits per heavy atom. The summed E-state index contributed by atoms with van der Waals surface area (Å²) in [7, 11) is 0. The van der Waals surface area contributed by atoms with Gasteiger partial charge in [0.1, 0.15) is 17.3 Å². The zero-order chi connectivity index (χ0) is 26.8. The van der Waals surface area contributed by atoms with E-state index in [1.54, 1.807) is 0 Å². The summed E-state index contributed by atoms with van der Waals surface area (Å²) in [5, 5.41) is 9.08. The van der Waals surface area contributed by atoms with Crippen molar-refractivity contribution >= 4 is 33.5 Å². The van der Waals surface area contributed by atoms with Crippen LogP contribution in [0.4, 0.5) is 0 Å². The van der Waals surface area contributed by atoms with Crippen LogP contribution in [0.3, 0.4) is 0 Å². The number of aldehydes is 1. The lowest BCUT2D eigenvalue weighted by atomic mass is 10.0. The Hall–Kier alpha value is -3.84. The lowest BCUT2D eigenvalue weighted by Crippen LogP contribution is -2.33. The van der Waals surface area contributed by atoms with Gasteiger partial charge in [0.05, 0.1) is 46.9 Å². The molecule has 3 aromatic heterocycles. The van der Waals surface area contributed by atoms with E-state index in [9.17, 15) is 4.79 Å². The number of carbonyl (C=O) groups is 1. The summed E-state index contributed by atoms with van der Waals surface area (Å²) >= 11 is 1.45. The molecular weight excluding hydrogens is 510 g/mol. The molecule has 5 heterocycles. The molecule has 0 radical (unpaired) electrons. The van der Waals surface area contributed by atoms with Gasteiger partial charge >= 0.3 is 0 Å². The van der Waals surface area contributed by atoms with Gasteiger partial charge in [-0.25, -0.2) is 9.97 Å². The Kier molecular flexibility index (Phi) is 7.24. The number of imidazole rings is 1. The fourth-order valence-electron chi connectivity index (χ4n) is 5.04. The van der Waals surface area contributed by atoms with Crippen LogP contribution in [0.1, 0.15) is 50.7 Å². The third kappa shape index (κ3) is 5.50. The van der Waals surface area contributed by atoms with Crippen molar-refractivity contribution in [1.29, 1.82) is 5.26 Å². The number of aryl methyl sites for hydroxylation is 1. The molecule has 0 aliphatic carbocycles. The van der Waals surface area contributed by atoms with E-state index in [4.69, 9.17) is 24.7 Å². The molecule has 6 rings (SSSR count). The monoisotopic (exact) mass is 539 g/mol. The average Bonchev–Trinajstić information content (AvgIpc) is 3.48. The minimum atomic E-state index is 0.218. The van der Waals surface area contributed by atoms with Crippen LogP contribution in [0.15, 0.2) is 48.5 Å². The fraction of sp³-hybridized carbons (Fsp3) is 0.333. The Labute approximate surface area is 231 Å². The summed E-state index contributed by atoms with van der Waals surface area (Å²) in [5.74, 6) is 1.61. The summed E-state index contributed by atoms with van der Waals surface area (Å²) in [6, 6.07) is 15.6. The number of pyridine rings is 1. The molecule has 0 spiro atoms. The van der Waals surface area contributed by atoms with Crippen molar-refractivity contribution < 1.29 is 14.3 Å². The van der Waals surface area contributed by atoms with Gasteiger partial charge in [0.2, 0.25) is 5.88 Å². The van der Waals surface area contributed by atoms with E-state index in [0.29, 0.717) is 22.9 Å². The normalized spacial score (nSPS) is 17.4. The first kappa shape index (κ1) is 25.4. The molecule has 1 fully saturated rings. The summed E-state index contributed by atoms with van der Waals surface area (Å²) in [5.41, 5.74) is 5.91. The van der Waals surface area contributed by atoms with Gasteiger partial charge in [0.25, 0.3) is 0 Å². The molecule has 1 atom stereocenters. The van der Waals surface area contributed by atoms with Crippen LogP contribution >= 0.6 is 11.3 Å². The third-order valence-electron chi connectivity index (χ3n) is 7.40. The van der Waals surface area contributed by atoms with Crippen LogP contribution in [0, 0.1) is 18.3 Å². The first-order valence-corrected chi connectivity index (χ1v) is 14.0. The highest BCUT2D eigenvalue weighted by atomic mass is 32.1. The molecular formula is C30H29N5O3S. The van der Waals surface area contributed by atoms with Gasteiger partial charge in [0, 0.05) is 25.8 Å². The van der Waals surface area contributed by atoms with Crippen molar-refractivity contribution in [3.8, 4) is 11.9 Å². The number of carbonyl (C=O) groups excluding carboxylic acids is 1. The standard InChI is InChI=1S/C30H29N5O3S/c1-20-13-21(15-31)5-6-23(20)19-38-29-4-2-3-26(32-29)22-7-10-34(11-8-22)17-28-33-30-27(14-25(18-36)39-30)35(28)16-24-9-12-37-24/h2-7,13-14,18,24H,8-12,16-17,19H2,1H3/t24-/m0/s1. The third-order valence-corrected chi connectivity index (χ3v) is 8.34. The fourth-order valence-corrected chi connectivity index (χ4v) is 5.90. The van der Waals surface area contributed by atoms with E-state index in [1.807, 2.05) is 49.4 Å². The average molecular weight is 540 g/mol. The predicted octanol–water partition coefficient (Wildman–Crippen LogP) is 5.14. The van der Waals surface area contributed by atoms with Gasteiger partial charge in [-0.2, -0.15) is 5.26 Å². The smallest absolute Gasteiger partial charge is 0.214 e. The molecule has 1 saturated heterocycles. The Bertz CT molecular complexity index is 1590. The van der Waals surface area contributed by atoms with Crippen molar-refractivity contribution in [1.82, 2.24) is 19.4 Å². The van der Waals surface area contributed by atoms with Crippen LogP contribution in [0.25, 0.3) is 15.9 Å². The number of nitrogens with zero attached hydrogens (tertiary/aromatic N) is 5. The van der Waals surface area contributed by atoms with E-state index in [0.717, 1.165) is 84.9 Å². The summed E-state index contributed by atoms with van der Waals surface area (Å²) < 4.78 is 13.9. The second kappa shape index (κ2) is 11.1. The van der Waals surface area contributed by atoms with Crippen LogP contribution in [0.5, 0.6) is 5.88 Å². The Morgan fingerprint density at radius 2 is 2.15 bits per heavy atom. The summed E-state index contributed by atoms with van der Waals surface area (Å²) in [4.78, 5) is 25.0. The van der Waals surface area contributed by atoms with Crippen LogP contribution in [-0.4, -0.2) is 51.5 Å². The molecule has 2 aliphatic heterocycles. The van der Waals surface area contributed by atoms with Crippen molar-refractivity contribution in [3.05, 3.63) is 81.6 Å². The molecule has 198 valence electrons. The van der Waals surface area contributed by atoms with Gasteiger partial charge in [0.15, 0.2) is 6.29 Å². The molecule has 2 aliphatic rings. The van der Waals surface area contributed by atoms with Crippen molar-refractivity contribution in [2.24, 2.45) is 0 Å². The van der Waals surface area contributed by atoms with Crippen molar-refractivity contribution in [3.63, 3.8) is 0 Å². The first-order chi connectivity index (χ1) is 19.1. The van der Waals surface area contributed by atoms with E-state index in [1.165, 1.54) is 16.9 Å². The van der Waals surface area contributed by atoms with E-state index < -0.39 is 0 Å². The SMILES string of the molecule is Cc1cc(C#N)ccc1COc1cccc(C2=CCN(Cc3nc4sc(C=O)cc4n3C[C@@H]3CCO3)CC2)n1. The highest BCUT2D eigenvalue weighted by Crippen LogP contribution is 2.29. The number of thiophene rings is 1. The lowest BCUT2D eigenvalue weighted by Gasteiger charge is -2.29. The van der Waals surface area contributed by atoms with E-state index in [-0.39, 0.29) is 6.10 Å². The predicted molar refractivity (Wildman–Crippen MR) is 150 cm³/mol. The second-order valence-electron chi connectivity index (χ2n) is 9.99. The molecule has 8 nitrogen and oxygen atoms in total. The molecule has 0 unspecified atom stereocenters. The largest absolute Gasteiger partial charge is 0.473 e. The summed E-state index contributed by atoms with van der Waals surface area (Å²) in [6.07, 6.45) is 5.31. The Morgan fingerprint density at radius 3 is 2.87 bits per heavy atom. The van der Waals surface area contributed by atoms with Gasteiger partial charge in [-0.3, -0.25) is 9.69 Å². The Balaban J connectivity index is 1.12. The highest BCUT2D eigenvalue weighted by Gasteiger charge is 2.24. The van der Waals surface area contributed by atoms with Gasteiger partial charge in [-0.05, 0) is 60.7 Å². The number of ether oxygens (including phenoxy) is 2.